The molecule has 11 nitrogen and oxygen atoms in total. The van der Waals surface area contributed by atoms with E-state index in [-0.39, 0.29) is 33.0 Å². The van der Waals surface area contributed by atoms with Gasteiger partial charge in [-0.15, -0.1) is 0 Å². The Morgan fingerprint density at radius 1 is 0.274 bits per heavy atom. The van der Waals surface area contributed by atoms with Gasteiger partial charge in [-0.05, 0) is 38.9 Å². The molecule has 0 N–H and O–H groups in total. The van der Waals surface area contributed by atoms with Crippen LogP contribution in [0.5, 0.6) is 0 Å². The van der Waals surface area contributed by atoms with Crippen LogP contribution in [0.25, 0.3) is 0 Å². The van der Waals surface area contributed by atoms with Crippen molar-refractivity contribution in [2.24, 2.45) is 0 Å². The van der Waals surface area contributed by atoms with Crippen LogP contribution in [-0.2, 0) is 98.4 Å². The van der Waals surface area contributed by atoms with Gasteiger partial charge >= 0.3 is 0 Å². The standard InChI is InChI=1S/C62H66O11/c1-63-61-59(69-42-51-33-19-7-20-34-51)57(67-40-49-29-15-5-16-30-49)56(66-39-48-27-13-4-14-28-48)54(72-61)45-71-62-60(70-43-52-35-21-8-22-36-52)58(68-41-50-31-17-6-18-32-50)55(65-38-47-25-11-3-12-26-47)53(73-62)44-64-37-46-23-9-2-10-24-46/h2-36,53-62H,37-45H2,1H3/t53-,54-,55-,56-,57+,58+,59+,60-,61-,62+/m1/s1. The molecule has 0 spiro atoms. The van der Waals surface area contributed by atoms with E-state index >= 15 is 0 Å². The van der Waals surface area contributed by atoms with E-state index in [1.54, 1.807) is 7.11 Å². The average molecular weight is 987 g/mol. The van der Waals surface area contributed by atoms with Crippen LogP contribution in [0.2, 0.25) is 0 Å². The predicted molar refractivity (Wildman–Crippen MR) is 276 cm³/mol. The van der Waals surface area contributed by atoms with Gasteiger partial charge in [-0.1, -0.05) is 212 Å². The lowest BCUT2D eigenvalue weighted by Gasteiger charge is -2.48. The maximum atomic E-state index is 7.10. The number of benzene rings is 7. The molecule has 7 aromatic rings. The quantitative estimate of drug-likeness (QED) is 0.0518. The molecule has 9 rings (SSSR count). The molecule has 73 heavy (non-hydrogen) atoms. The summed E-state index contributed by atoms with van der Waals surface area (Å²) in [6.45, 7) is 2.25. The van der Waals surface area contributed by atoms with Crippen molar-refractivity contribution in [3.05, 3.63) is 251 Å². The van der Waals surface area contributed by atoms with Gasteiger partial charge in [0, 0.05) is 7.11 Å². The molecule has 2 aliphatic heterocycles. The van der Waals surface area contributed by atoms with Crippen LogP contribution in [-0.4, -0.2) is 81.7 Å². The lowest BCUT2D eigenvalue weighted by Crippen LogP contribution is -2.64. The second-order valence-electron chi connectivity index (χ2n) is 18.2. The Balaban J connectivity index is 1.05. The van der Waals surface area contributed by atoms with Crippen LogP contribution in [0.1, 0.15) is 38.9 Å². The molecule has 0 bridgehead atoms. The fraction of sp³-hybridized carbons (Fsp3) is 0.323. The lowest BCUT2D eigenvalue weighted by atomic mass is 9.96. The molecule has 0 aliphatic carbocycles. The van der Waals surface area contributed by atoms with E-state index in [1.807, 2.05) is 212 Å². The summed E-state index contributed by atoms with van der Waals surface area (Å²) in [7, 11) is 1.61. The highest BCUT2D eigenvalue weighted by Gasteiger charge is 2.52. The molecule has 0 unspecified atom stereocenters. The van der Waals surface area contributed by atoms with E-state index in [4.69, 9.17) is 52.1 Å². The van der Waals surface area contributed by atoms with Crippen LogP contribution in [0.3, 0.4) is 0 Å². The highest BCUT2D eigenvalue weighted by Crippen LogP contribution is 2.35. The summed E-state index contributed by atoms with van der Waals surface area (Å²) in [5.41, 5.74) is 7.00. The molecule has 2 aliphatic rings. The van der Waals surface area contributed by atoms with Crippen LogP contribution in [0, 0.1) is 0 Å². The molecular weight excluding hydrogens is 921 g/mol. The van der Waals surface area contributed by atoms with Crippen molar-refractivity contribution in [2.75, 3.05) is 20.3 Å². The molecule has 7 aromatic carbocycles. The Morgan fingerprint density at radius 3 is 0.863 bits per heavy atom. The van der Waals surface area contributed by atoms with Gasteiger partial charge in [-0.25, -0.2) is 0 Å². The van der Waals surface area contributed by atoms with E-state index in [0.717, 1.165) is 38.9 Å². The number of methoxy groups -OCH3 is 1. The highest BCUT2D eigenvalue weighted by atomic mass is 16.7. The third kappa shape index (κ3) is 15.3. The minimum absolute atomic E-state index is 0.00960. The Hall–Kier alpha value is -5.90. The first-order valence-corrected chi connectivity index (χ1v) is 25.2. The minimum Gasteiger partial charge on any atom is -0.374 e. The summed E-state index contributed by atoms with van der Waals surface area (Å²) in [4.78, 5) is 0. The molecule has 2 saturated heterocycles. The lowest BCUT2D eigenvalue weighted by molar-refractivity contribution is -0.351. The maximum absolute atomic E-state index is 7.10. The van der Waals surface area contributed by atoms with E-state index in [1.165, 1.54) is 0 Å². The van der Waals surface area contributed by atoms with Gasteiger partial charge < -0.3 is 52.1 Å². The zero-order valence-electron chi connectivity index (χ0n) is 41.3. The number of ether oxygens (including phenoxy) is 11. The summed E-state index contributed by atoms with van der Waals surface area (Å²) in [5.74, 6) is 0. The minimum atomic E-state index is -0.999. The summed E-state index contributed by atoms with van der Waals surface area (Å²) < 4.78 is 75.2. The van der Waals surface area contributed by atoms with Gasteiger partial charge in [-0.2, -0.15) is 0 Å². The molecular formula is C62H66O11. The molecule has 11 heteroatoms. The molecule has 2 fully saturated rings. The normalized spacial score (nSPS) is 24.0. The van der Waals surface area contributed by atoms with Gasteiger partial charge in [0.25, 0.3) is 0 Å². The highest BCUT2D eigenvalue weighted by molar-refractivity contribution is 5.19. The van der Waals surface area contributed by atoms with Gasteiger partial charge in [0.2, 0.25) is 0 Å². The van der Waals surface area contributed by atoms with Crippen LogP contribution >= 0.6 is 0 Å². The van der Waals surface area contributed by atoms with Crippen molar-refractivity contribution in [1.29, 1.82) is 0 Å². The van der Waals surface area contributed by atoms with Crippen molar-refractivity contribution in [3.8, 4) is 0 Å². The number of rotatable bonds is 26. The molecule has 0 aromatic heterocycles. The smallest absolute Gasteiger partial charge is 0.187 e. The van der Waals surface area contributed by atoms with E-state index in [2.05, 4.69) is 0 Å². The van der Waals surface area contributed by atoms with Gasteiger partial charge in [0.15, 0.2) is 12.6 Å². The Labute approximate surface area is 429 Å². The fourth-order valence-corrected chi connectivity index (χ4v) is 9.14. The molecule has 0 radical (unpaired) electrons. The van der Waals surface area contributed by atoms with E-state index in [9.17, 15) is 0 Å². The van der Waals surface area contributed by atoms with E-state index in [0.29, 0.717) is 26.4 Å². The summed E-state index contributed by atoms with van der Waals surface area (Å²) in [6, 6.07) is 70.4. The molecule has 0 amide bonds. The number of hydrogen-bond acceptors (Lipinski definition) is 11. The Bertz CT molecular complexity index is 2560. The Morgan fingerprint density at radius 2 is 0.534 bits per heavy atom. The van der Waals surface area contributed by atoms with Gasteiger partial charge in [0.1, 0.15) is 48.8 Å². The summed E-state index contributed by atoms with van der Waals surface area (Å²) in [5, 5.41) is 0. The second kappa shape index (κ2) is 28.0. The van der Waals surface area contributed by atoms with Crippen molar-refractivity contribution >= 4 is 0 Å². The topological polar surface area (TPSA) is 102 Å². The second-order valence-corrected chi connectivity index (χ2v) is 18.2. The van der Waals surface area contributed by atoms with Crippen molar-refractivity contribution in [3.63, 3.8) is 0 Å². The zero-order valence-corrected chi connectivity index (χ0v) is 41.3. The predicted octanol–water partition coefficient (Wildman–Crippen LogP) is 10.8. The summed E-state index contributed by atoms with van der Waals surface area (Å²) in [6.07, 6.45) is -7.47. The summed E-state index contributed by atoms with van der Waals surface area (Å²) >= 11 is 0. The first-order chi connectivity index (χ1) is 36.2. The third-order valence-corrected chi connectivity index (χ3v) is 12.9. The van der Waals surface area contributed by atoms with Crippen molar-refractivity contribution in [2.45, 2.75) is 108 Å². The van der Waals surface area contributed by atoms with Gasteiger partial charge in [-0.3, -0.25) is 0 Å². The largest absolute Gasteiger partial charge is 0.374 e. The maximum Gasteiger partial charge on any atom is 0.187 e. The average Bonchev–Trinajstić information content (AvgIpc) is 3.45. The molecule has 2 heterocycles. The SMILES string of the molecule is CO[C@@H]1O[C@H](CO[C@H]2O[C@H](COCc3ccccc3)[C@@H](OCc3ccccc3)[C@H](OCc3ccccc3)[C@H]2OCc2ccccc2)[C@@H](OCc2ccccc2)[C@H](OCc2ccccc2)[C@@H]1OCc1ccccc1. The van der Waals surface area contributed by atoms with E-state index < -0.39 is 61.4 Å². The van der Waals surface area contributed by atoms with Crippen molar-refractivity contribution in [1.82, 2.24) is 0 Å². The molecule has 380 valence electrons. The van der Waals surface area contributed by atoms with Crippen LogP contribution in [0.4, 0.5) is 0 Å². The van der Waals surface area contributed by atoms with Crippen molar-refractivity contribution < 1.29 is 52.1 Å². The zero-order chi connectivity index (χ0) is 49.7. The number of hydrogen-bond donors (Lipinski definition) is 0. The van der Waals surface area contributed by atoms with Crippen LogP contribution in [0.15, 0.2) is 212 Å². The first kappa shape index (κ1) is 52.0. The molecule has 10 atom stereocenters. The molecule has 0 saturated carbocycles. The third-order valence-electron chi connectivity index (χ3n) is 12.9. The fourth-order valence-electron chi connectivity index (χ4n) is 9.14. The Kier molecular flexibility index (Phi) is 19.9. The first-order valence-electron chi connectivity index (χ1n) is 25.2. The van der Waals surface area contributed by atoms with Crippen LogP contribution < -0.4 is 0 Å². The van der Waals surface area contributed by atoms with Gasteiger partial charge in [0.05, 0.1) is 59.5 Å². The monoisotopic (exact) mass is 986 g/mol.